The second-order valence-electron chi connectivity index (χ2n) is 8.38. The molecule has 1 atom stereocenters. The van der Waals surface area contributed by atoms with Gasteiger partial charge >= 0.3 is 6.09 Å². The molecule has 1 aromatic carbocycles. The molecule has 2 aromatic rings. The predicted molar refractivity (Wildman–Crippen MR) is 110 cm³/mol. The summed E-state index contributed by atoms with van der Waals surface area (Å²) in [5.41, 5.74) is 4.47. The molecule has 2 amide bonds. The van der Waals surface area contributed by atoms with Crippen molar-refractivity contribution >= 4 is 35.0 Å². The topological polar surface area (TPSA) is 77.0 Å². The number of carboxylic acid groups (broad SMARTS) is 1. The Morgan fingerprint density at radius 2 is 1.90 bits per heavy atom. The van der Waals surface area contributed by atoms with Crippen LogP contribution in [0.25, 0.3) is 0 Å². The number of hydrogen-bond acceptors (Lipinski definition) is 4. The molecular formula is C21H21ClN4O3. The first-order valence-corrected chi connectivity index (χ1v) is 9.98. The van der Waals surface area contributed by atoms with E-state index in [4.69, 9.17) is 16.7 Å². The maximum atomic E-state index is 13.1. The van der Waals surface area contributed by atoms with Crippen LogP contribution in [-0.4, -0.2) is 53.2 Å². The molecule has 5 rings (SSSR count). The van der Waals surface area contributed by atoms with Crippen molar-refractivity contribution in [2.24, 2.45) is 5.41 Å². The normalized spacial score (nSPS) is 21.8. The lowest BCUT2D eigenvalue weighted by atomic mass is 9.72. The van der Waals surface area contributed by atoms with Crippen molar-refractivity contribution < 1.29 is 14.7 Å². The first-order chi connectivity index (χ1) is 13.8. The van der Waals surface area contributed by atoms with E-state index in [1.54, 1.807) is 23.2 Å². The smallest absolute Gasteiger partial charge is 0.407 e. The minimum atomic E-state index is -0.852. The van der Waals surface area contributed by atoms with Gasteiger partial charge in [-0.15, -0.1) is 0 Å². The Balaban J connectivity index is 1.40. The minimum absolute atomic E-state index is 0.0395. The number of rotatable bonds is 2. The first kappa shape index (κ1) is 18.2. The van der Waals surface area contributed by atoms with Crippen molar-refractivity contribution in [3.8, 4) is 0 Å². The number of carbonyl (C=O) groups is 2. The van der Waals surface area contributed by atoms with Crippen LogP contribution in [0.2, 0.25) is 5.02 Å². The summed E-state index contributed by atoms with van der Waals surface area (Å²) in [6.45, 7) is 6.80. The third-order valence-electron chi connectivity index (χ3n) is 6.44. The monoisotopic (exact) mass is 412 g/mol. The number of amides is 2. The van der Waals surface area contributed by atoms with Crippen LogP contribution in [-0.2, 0) is 0 Å². The van der Waals surface area contributed by atoms with Gasteiger partial charge in [0.25, 0.3) is 5.91 Å². The maximum absolute atomic E-state index is 13.1. The third-order valence-corrected chi connectivity index (χ3v) is 6.67. The van der Waals surface area contributed by atoms with E-state index in [1.165, 1.54) is 4.90 Å². The highest BCUT2D eigenvalue weighted by atomic mass is 35.5. The van der Waals surface area contributed by atoms with Gasteiger partial charge in [0.2, 0.25) is 0 Å². The molecule has 29 heavy (non-hydrogen) atoms. The van der Waals surface area contributed by atoms with Gasteiger partial charge in [0.05, 0.1) is 29.8 Å². The van der Waals surface area contributed by atoms with Crippen LogP contribution < -0.4 is 9.80 Å². The molecule has 2 fully saturated rings. The van der Waals surface area contributed by atoms with E-state index in [1.807, 2.05) is 26.1 Å². The molecule has 0 radical (unpaired) electrons. The van der Waals surface area contributed by atoms with Crippen molar-refractivity contribution in [3.63, 3.8) is 0 Å². The van der Waals surface area contributed by atoms with Crippen molar-refractivity contribution in [1.29, 1.82) is 0 Å². The van der Waals surface area contributed by atoms with Crippen LogP contribution in [0.1, 0.15) is 34.5 Å². The number of carbonyl (C=O) groups excluding carboxylic acids is 1. The van der Waals surface area contributed by atoms with E-state index in [0.717, 1.165) is 35.6 Å². The van der Waals surface area contributed by atoms with Gasteiger partial charge in [-0.25, -0.2) is 4.79 Å². The molecule has 0 bridgehead atoms. The number of hydrogen-bond donors (Lipinski definition) is 1. The zero-order valence-electron chi connectivity index (χ0n) is 16.2. The fourth-order valence-corrected chi connectivity index (χ4v) is 5.11. The molecule has 0 aliphatic carbocycles. The number of halogens is 1. The Kier molecular flexibility index (Phi) is 3.84. The Bertz CT molecular complexity index is 1040. The summed E-state index contributed by atoms with van der Waals surface area (Å²) >= 11 is 6.14. The fraction of sp³-hybridized carbons (Fsp3) is 0.381. The highest BCUT2D eigenvalue weighted by Crippen LogP contribution is 2.45. The van der Waals surface area contributed by atoms with E-state index in [-0.39, 0.29) is 17.4 Å². The van der Waals surface area contributed by atoms with Gasteiger partial charge in [-0.05, 0) is 43.2 Å². The van der Waals surface area contributed by atoms with E-state index < -0.39 is 6.09 Å². The number of aromatic nitrogens is 1. The number of fused-ring (bicyclic) bond motifs is 1. The highest BCUT2D eigenvalue weighted by molar-refractivity contribution is 6.31. The number of nitrogens with zero attached hydrogens (tertiary/aromatic N) is 4. The summed E-state index contributed by atoms with van der Waals surface area (Å²) in [5, 5.41) is 9.69. The molecule has 4 heterocycles. The molecule has 3 aliphatic rings. The molecule has 7 nitrogen and oxygen atoms in total. The third kappa shape index (κ3) is 2.60. The Morgan fingerprint density at radius 3 is 2.59 bits per heavy atom. The van der Waals surface area contributed by atoms with Gasteiger partial charge < -0.3 is 14.9 Å². The van der Waals surface area contributed by atoms with E-state index in [2.05, 4.69) is 9.88 Å². The summed E-state index contributed by atoms with van der Waals surface area (Å²) in [6.07, 6.45) is 2.72. The molecule has 1 spiro atoms. The van der Waals surface area contributed by atoms with Gasteiger partial charge in [0, 0.05) is 42.2 Å². The quantitative estimate of drug-likeness (QED) is 0.816. The van der Waals surface area contributed by atoms with Crippen LogP contribution in [0.15, 0.2) is 30.6 Å². The van der Waals surface area contributed by atoms with E-state index in [9.17, 15) is 9.59 Å². The molecule has 1 unspecified atom stereocenters. The van der Waals surface area contributed by atoms with Crippen LogP contribution in [0.4, 0.5) is 16.2 Å². The molecule has 1 N–H and O–H groups in total. The standard InChI is InChI=1S/C21H21ClN4O3/c1-12-17(24-8-21(9-24)10-25(11-21)20(28)29)6-23-7-18(12)26-13(2)16-5-14(22)3-4-15(16)19(26)27/h3-7,13H,8-11H2,1-2H3,(H,28,29). The minimum Gasteiger partial charge on any atom is -0.465 e. The summed E-state index contributed by atoms with van der Waals surface area (Å²) in [6, 6.07) is 5.27. The molecule has 2 saturated heterocycles. The Morgan fingerprint density at radius 1 is 1.21 bits per heavy atom. The zero-order chi connectivity index (χ0) is 20.5. The molecule has 1 aromatic heterocycles. The van der Waals surface area contributed by atoms with Gasteiger partial charge in [-0.3, -0.25) is 14.7 Å². The molecule has 150 valence electrons. The summed E-state index contributed by atoms with van der Waals surface area (Å²) in [4.78, 5) is 34.0. The van der Waals surface area contributed by atoms with Crippen LogP contribution in [0.5, 0.6) is 0 Å². The number of anilines is 2. The SMILES string of the molecule is Cc1c(N2CC3(CN(C(=O)O)C3)C2)cncc1N1C(=O)c2ccc(Cl)cc2C1C. The van der Waals surface area contributed by atoms with Crippen molar-refractivity contribution in [1.82, 2.24) is 9.88 Å². The van der Waals surface area contributed by atoms with Gasteiger partial charge in [-0.1, -0.05) is 11.6 Å². The van der Waals surface area contributed by atoms with E-state index >= 15 is 0 Å². The van der Waals surface area contributed by atoms with Crippen molar-refractivity contribution in [2.75, 3.05) is 36.0 Å². The van der Waals surface area contributed by atoms with Crippen LogP contribution >= 0.6 is 11.6 Å². The highest BCUT2D eigenvalue weighted by Gasteiger charge is 2.53. The van der Waals surface area contributed by atoms with Crippen molar-refractivity contribution in [2.45, 2.75) is 19.9 Å². The average Bonchev–Trinajstić information content (AvgIpc) is 2.84. The molecule has 0 saturated carbocycles. The van der Waals surface area contributed by atoms with Gasteiger partial charge in [-0.2, -0.15) is 0 Å². The average molecular weight is 413 g/mol. The lowest BCUT2D eigenvalue weighted by molar-refractivity contribution is -0.00948. The van der Waals surface area contributed by atoms with Crippen molar-refractivity contribution in [3.05, 3.63) is 52.3 Å². The predicted octanol–water partition coefficient (Wildman–Crippen LogP) is 3.56. The number of benzene rings is 1. The lowest BCUT2D eigenvalue weighted by Gasteiger charge is -2.60. The van der Waals surface area contributed by atoms with Gasteiger partial charge in [0.1, 0.15) is 0 Å². The second kappa shape index (κ2) is 6.10. The molecule has 8 heteroatoms. The fourth-order valence-electron chi connectivity index (χ4n) is 4.93. The van der Waals surface area contributed by atoms with Crippen LogP contribution in [0.3, 0.4) is 0 Å². The number of likely N-dealkylation sites (tertiary alicyclic amines) is 1. The van der Waals surface area contributed by atoms with E-state index in [0.29, 0.717) is 23.7 Å². The van der Waals surface area contributed by atoms with Gasteiger partial charge in [0.15, 0.2) is 0 Å². The summed E-state index contributed by atoms with van der Waals surface area (Å²) < 4.78 is 0. The zero-order valence-corrected chi connectivity index (χ0v) is 17.0. The summed E-state index contributed by atoms with van der Waals surface area (Å²) in [5.74, 6) is -0.0395. The largest absolute Gasteiger partial charge is 0.465 e. The second-order valence-corrected chi connectivity index (χ2v) is 8.82. The first-order valence-electron chi connectivity index (χ1n) is 9.60. The lowest BCUT2D eigenvalue weighted by Crippen LogP contribution is -2.73. The Hall–Kier alpha value is -2.80. The maximum Gasteiger partial charge on any atom is 0.407 e. The molecule has 3 aliphatic heterocycles. The van der Waals surface area contributed by atoms with Crippen LogP contribution in [0, 0.1) is 12.3 Å². The number of pyridine rings is 1. The Labute approximate surface area is 173 Å². The molecular weight excluding hydrogens is 392 g/mol. The summed E-state index contributed by atoms with van der Waals surface area (Å²) in [7, 11) is 0.